The van der Waals surface area contributed by atoms with E-state index in [-0.39, 0.29) is 0 Å². The van der Waals surface area contributed by atoms with Gasteiger partial charge in [0.15, 0.2) is 0 Å². The third-order valence-electron chi connectivity index (χ3n) is 3.51. The van der Waals surface area contributed by atoms with Gasteiger partial charge in [0.05, 0.1) is 17.9 Å². The molecule has 108 valence electrons. The average Bonchev–Trinajstić information content (AvgIpc) is 2.65. The van der Waals surface area contributed by atoms with Crippen molar-refractivity contribution in [2.24, 2.45) is 0 Å². The van der Waals surface area contributed by atoms with Crippen molar-refractivity contribution in [3.63, 3.8) is 0 Å². The highest BCUT2D eigenvalue weighted by Crippen LogP contribution is 2.11. The molecule has 0 aromatic heterocycles. The molecule has 0 spiro atoms. The lowest BCUT2D eigenvalue weighted by Crippen LogP contribution is -2.34. The molecule has 0 aliphatic carbocycles. The summed E-state index contributed by atoms with van der Waals surface area (Å²) in [6, 6.07) is 9.65. The fourth-order valence-corrected chi connectivity index (χ4v) is 3.25. The molecule has 0 saturated carbocycles. The van der Waals surface area contributed by atoms with E-state index in [1.807, 2.05) is 24.3 Å². The van der Waals surface area contributed by atoms with Crippen molar-refractivity contribution in [2.75, 3.05) is 32.4 Å². The minimum Gasteiger partial charge on any atom is -0.298 e. The first-order valence-electron chi connectivity index (χ1n) is 6.65. The monoisotopic (exact) mass is 293 g/mol. The third kappa shape index (κ3) is 4.04. The molecule has 1 aliphatic heterocycles. The summed E-state index contributed by atoms with van der Waals surface area (Å²) >= 11 is 0. The number of rotatable bonds is 3. The first-order chi connectivity index (χ1) is 9.49. The molecular formula is C14H19N3O2S. The highest BCUT2D eigenvalue weighted by Gasteiger charge is 2.21. The summed E-state index contributed by atoms with van der Waals surface area (Å²) in [4.78, 5) is 2.26. The predicted octanol–water partition coefficient (Wildman–Crippen LogP) is 1.03. The number of sulfonamides is 1. The zero-order chi connectivity index (χ0) is 14.6. The molecule has 1 fully saturated rings. The van der Waals surface area contributed by atoms with Crippen LogP contribution in [0.5, 0.6) is 0 Å². The van der Waals surface area contributed by atoms with Crippen LogP contribution in [0.2, 0.25) is 0 Å². The van der Waals surface area contributed by atoms with E-state index in [1.165, 1.54) is 6.26 Å². The van der Waals surface area contributed by atoms with Gasteiger partial charge in [0, 0.05) is 26.2 Å². The van der Waals surface area contributed by atoms with Gasteiger partial charge < -0.3 is 0 Å². The molecule has 1 aromatic carbocycles. The lowest BCUT2D eigenvalue weighted by Gasteiger charge is -2.20. The van der Waals surface area contributed by atoms with Crippen molar-refractivity contribution in [2.45, 2.75) is 13.0 Å². The standard InChI is InChI=1S/C14H19N3O2S/c1-20(18,19)17-8-2-7-16(9-10-17)12-14-5-3-13(11-15)4-6-14/h3-6H,2,7-10,12H2,1H3. The van der Waals surface area contributed by atoms with Crippen LogP contribution >= 0.6 is 0 Å². The normalized spacial score (nSPS) is 18.4. The third-order valence-corrected chi connectivity index (χ3v) is 4.81. The lowest BCUT2D eigenvalue weighted by atomic mass is 10.1. The van der Waals surface area contributed by atoms with Gasteiger partial charge in [-0.15, -0.1) is 0 Å². The minimum absolute atomic E-state index is 0.551. The first kappa shape index (κ1) is 15.0. The van der Waals surface area contributed by atoms with Gasteiger partial charge in [-0.2, -0.15) is 5.26 Å². The first-order valence-corrected chi connectivity index (χ1v) is 8.50. The van der Waals surface area contributed by atoms with Gasteiger partial charge in [0.25, 0.3) is 0 Å². The van der Waals surface area contributed by atoms with E-state index in [1.54, 1.807) is 4.31 Å². The van der Waals surface area contributed by atoms with Crippen molar-refractivity contribution in [1.29, 1.82) is 5.26 Å². The maximum absolute atomic E-state index is 11.6. The Morgan fingerprint density at radius 1 is 1.15 bits per heavy atom. The Hall–Kier alpha value is -1.42. The Bertz CT molecular complexity index is 590. The Labute approximate surface area is 120 Å². The van der Waals surface area contributed by atoms with Crippen LogP contribution in [0.25, 0.3) is 0 Å². The van der Waals surface area contributed by atoms with Crippen molar-refractivity contribution >= 4 is 10.0 Å². The maximum atomic E-state index is 11.6. The molecule has 0 atom stereocenters. The van der Waals surface area contributed by atoms with E-state index >= 15 is 0 Å². The van der Waals surface area contributed by atoms with Crippen molar-refractivity contribution in [1.82, 2.24) is 9.21 Å². The second kappa shape index (κ2) is 6.35. The van der Waals surface area contributed by atoms with Crippen LogP contribution in [-0.2, 0) is 16.6 Å². The average molecular weight is 293 g/mol. The Morgan fingerprint density at radius 2 is 1.85 bits per heavy atom. The van der Waals surface area contributed by atoms with Gasteiger partial charge >= 0.3 is 0 Å². The van der Waals surface area contributed by atoms with E-state index in [0.717, 1.165) is 31.6 Å². The second-order valence-corrected chi connectivity index (χ2v) is 7.08. The molecule has 0 bridgehead atoms. The van der Waals surface area contributed by atoms with E-state index in [0.29, 0.717) is 18.7 Å². The van der Waals surface area contributed by atoms with E-state index in [4.69, 9.17) is 5.26 Å². The van der Waals surface area contributed by atoms with Crippen LogP contribution in [0.1, 0.15) is 17.5 Å². The predicted molar refractivity (Wildman–Crippen MR) is 77.5 cm³/mol. The van der Waals surface area contributed by atoms with Crippen LogP contribution in [0, 0.1) is 11.3 Å². The summed E-state index contributed by atoms with van der Waals surface area (Å²) < 4.78 is 24.7. The Morgan fingerprint density at radius 3 is 2.45 bits per heavy atom. The SMILES string of the molecule is CS(=O)(=O)N1CCCN(Cc2ccc(C#N)cc2)CC1. The molecule has 0 amide bonds. The molecule has 1 heterocycles. The molecule has 2 rings (SSSR count). The molecular weight excluding hydrogens is 274 g/mol. The zero-order valence-corrected chi connectivity index (χ0v) is 12.4. The summed E-state index contributed by atoms with van der Waals surface area (Å²) in [7, 11) is -3.08. The summed E-state index contributed by atoms with van der Waals surface area (Å²) in [6.45, 7) is 3.58. The van der Waals surface area contributed by atoms with E-state index < -0.39 is 10.0 Å². The molecule has 20 heavy (non-hydrogen) atoms. The summed E-state index contributed by atoms with van der Waals surface area (Å²) in [6.07, 6.45) is 2.12. The number of hydrogen-bond donors (Lipinski definition) is 0. The quantitative estimate of drug-likeness (QED) is 0.835. The van der Waals surface area contributed by atoms with Crippen LogP contribution in [0.15, 0.2) is 24.3 Å². The number of nitriles is 1. The smallest absolute Gasteiger partial charge is 0.211 e. The van der Waals surface area contributed by atoms with Gasteiger partial charge in [-0.05, 0) is 30.7 Å². The highest BCUT2D eigenvalue weighted by molar-refractivity contribution is 7.88. The van der Waals surface area contributed by atoms with Gasteiger partial charge in [-0.25, -0.2) is 12.7 Å². The number of nitrogens with zero attached hydrogens (tertiary/aromatic N) is 3. The van der Waals surface area contributed by atoms with E-state index in [9.17, 15) is 8.42 Å². The molecule has 1 aromatic rings. The molecule has 1 saturated heterocycles. The number of benzene rings is 1. The van der Waals surface area contributed by atoms with E-state index in [2.05, 4.69) is 11.0 Å². The van der Waals surface area contributed by atoms with Crippen LogP contribution in [0.4, 0.5) is 0 Å². The Balaban J connectivity index is 1.95. The second-order valence-electron chi connectivity index (χ2n) is 5.10. The summed E-state index contributed by atoms with van der Waals surface area (Å²) in [5.41, 5.74) is 1.81. The highest BCUT2D eigenvalue weighted by atomic mass is 32.2. The van der Waals surface area contributed by atoms with Crippen LogP contribution in [0.3, 0.4) is 0 Å². The fraction of sp³-hybridized carbons (Fsp3) is 0.500. The molecule has 1 aliphatic rings. The summed E-state index contributed by atoms with van der Waals surface area (Å²) in [5.74, 6) is 0. The largest absolute Gasteiger partial charge is 0.298 e. The van der Waals surface area contributed by atoms with Crippen molar-refractivity contribution < 1.29 is 8.42 Å². The lowest BCUT2D eigenvalue weighted by molar-refractivity contribution is 0.279. The van der Waals surface area contributed by atoms with Crippen molar-refractivity contribution in [3.05, 3.63) is 35.4 Å². The van der Waals surface area contributed by atoms with Crippen molar-refractivity contribution in [3.8, 4) is 6.07 Å². The van der Waals surface area contributed by atoms with Gasteiger partial charge in [-0.3, -0.25) is 4.90 Å². The Kier molecular flexibility index (Phi) is 4.76. The molecule has 0 radical (unpaired) electrons. The fourth-order valence-electron chi connectivity index (χ4n) is 2.38. The zero-order valence-electron chi connectivity index (χ0n) is 11.6. The van der Waals surface area contributed by atoms with Gasteiger partial charge in [-0.1, -0.05) is 12.1 Å². The molecule has 5 nitrogen and oxygen atoms in total. The topological polar surface area (TPSA) is 64.4 Å². The van der Waals surface area contributed by atoms with Crippen LogP contribution in [-0.4, -0.2) is 50.1 Å². The molecule has 0 N–H and O–H groups in total. The number of hydrogen-bond acceptors (Lipinski definition) is 4. The molecule has 6 heteroatoms. The van der Waals surface area contributed by atoms with Crippen LogP contribution < -0.4 is 0 Å². The maximum Gasteiger partial charge on any atom is 0.211 e. The van der Waals surface area contributed by atoms with Gasteiger partial charge in [0.2, 0.25) is 10.0 Å². The minimum atomic E-state index is -3.08. The molecule has 0 unspecified atom stereocenters. The summed E-state index contributed by atoms with van der Waals surface area (Å²) in [5, 5.41) is 8.77. The van der Waals surface area contributed by atoms with Gasteiger partial charge in [0.1, 0.15) is 0 Å².